The van der Waals surface area contributed by atoms with Crippen molar-refractivity contribution in [2.24, 2.45) is 0 Å². The molecule has 0 aromatic heterocycles. The van der Waals surface area contributed by atoms with Crippen LogP contribution in [-0.2, 0) is 23.7 Å². The molecule has 12 aromatic rings. The lowest BCUT2D eigenvalue weighted by molar-refractivity contribution is 0.263. The summed E-state index contributed by atoms with van der Waals surface area (Å²) in [6, 6.07) is 71.8. The molecule has 0 saturated carbocycles. The lowest BCUT2D eigenvalue weighted by Gasteiger charge is -2.16. The molecule has 17 rings (SSSR count). The van der Waals surface area contributed by atoms with Gasteiger partial charge in [0.2, 0.25) is 0 Å². The van der Waals surface area contributed by atoms with E-state index < -0.39 is 0 Å². The van der Waals surface area contributed by atoms with E-state index in [0.29, 0.717) is 33.0 Å². The third-order valence-electron chi connectivity index (χ3n) is 16.1. The number of hydrogen-bond donors (Lipinski definition) is 0. The van der Waals surface area contributed by atoms with Crippen LogP contribution in [0.3, 0.4) is 0 Å². The Morgan fingerprint density at radius 3 is 0.818 bits per heavy atom. The van der Waals surface area contributed by atoms with Crippen LogP contribution in [0.15, 0.2) is 212 Å². The Bertz CT molecular complexity index is 4450. The van der Waals surface area contributed by atoms with Gasteiger partial charge in [0.15, 0.2) is 0 Å². The normalized spacial score (nSPS) is 18.6. The van der Waals surface area contributed by atoms with Gasteiger partial charge in [0.05, 0.1) is 33.0 Å². The molecule has 5 saturated heterocycles. The highest BCUT2D eigenvalue weighted by Gasteiger charge is 2.27. The maximum atomic E-state index is 6.47. The molecule has 12 aromatic carbocycles. The van der Waals surface area contributed by atoms with Crippen LogP contribution < -0.4 is 37.9 Å². The summed E-state index contributed by atoms with van der Waals surface area (Å²) < 4.78 is 75.5. The van der Waals surface area contributed by atoms with E-state index in [-0.39, 0.29) is 30.5 Å². The molecule has 5 unspecified atom stereocenters. The van der Waals surface area contributed by atoms with Gasteiger partial charge in [-0.05, 0) is 204 Å². The molecule has 0 aliphatic carbocycles. The zero-order valence-corrected chi connectivity index (χ0v) is 48.0. The SMILES string of the molecule is c1cc2ccc(Oc3ccc4ccc(OCC5CO5)c(-c5ccc6ccc(OCC7CO7)cc6c5)c4c3)cc2cc1OCC1CO1.c1cc2ccc(Oc3ccc4ccc(Oc5ccc6ccc(OCC7CO7)cc6c5)cc4c3)cc2cc1OCC1CO1. The first-order valence-electron chi connectivity index (χ1n) is 29.9. The Kier molecular flexibility index (Phi) is 14.4. The molecule has 0 bridgehead atoms. The summed E-state index contributed by atoms with van der Waals surface area (Å²) in [5, 5.41) is 13.1. The third-order valence-corrected chi connectivity index (χ3v) is 16.1. The zero-order valence-electron chi connectivity index (χ0n) is 48.0. The van der Waals surface area contributed by atoms with Gasteiger partial charge in [-0.15, -0.1) is 0 Å². The Morgan fingerprint density at radius 1 is 0.239 bits per heavy atom. The monoisotopic (exact) mass is 1170 g/mol. The van der Waals surface area contributed by atoms with Gasteiger partial charge < -0.3 is 61.6 Å². The summed E-state index contributed by atoms with van der Waals surface area (Å²) >= 11 is 0. The Balaban J connectivity index is 0.000000142. The van der Waals surface area contributed by atoms with Crippen LogP contribution >= 0.6 is 0 Å². The average Bonchev–Trinajstić information content (AvgIpc) is 2.68. The van der Waals surface area contributed by atoms with E-state index in [1.165, 1.54) is 0 Å². The van der Waals surface area contributed by atoms with Crippen LogP contribution in [0.1, 0.15) is 0 Å². The molecule has 0 radical (unpaired) electrons. The van der Waals surface area contributed by atoms with Gasteiger partial charge in [-0.1, -0.05) is 78.9 Å². The van der Waals surface area contributed by atoms with Gasteiger partial charge >= 0.3 is 0 Å². The lowest BCUT2D eigenvalue weighted by Crippen LogP contribution is -2.05. The van der Waals surface area contributed by atoms with E-state index in [1.54, 1.807) is 0 Å². The fourth-order valence-electron chi connectivity index (χ4n) is 10.8. The molecule has 5 atom stereocenters. The van der Waals surface area contributed by atoms with Crippen LogP contribution in [0.4, 0.5) is 0 Å². The van der Waals surface area contributed by atoms with Crippen molar-refractivity contribution in [2.75, 3.05) is 66.1 Å². The summed E-state index contributed by atoms with van der Waals surface area (Å²) in [6.07, 6.45) is 1.01. The van der Waals surface area contributed by atoms with E-state index in [4.69, 9.17) is 61.6 Å². The summed E-state index contributed by atoms with van der Waals surface area (Å²) in [5.41, 5.74) is 2.07. The van der Waals surface area contributed by atoms with Crippen molar-refractivity contribution in [2.45, 2.75) is 30.5 Å². The van der Waals surface area contributed by atoms with Gasteiger partial charge in [0, 0.05) is 5.56 Å². The first kappa shape index (κ1) is 53.8. The van der Waals surface area contributed by atoms with Crippen LogP contribution in [0.25, 0.3) is 75.8 Å². The van der Waals surface area contributed by atoms with Gasteiger partial charge in [0.25, 0.3) is 0 Å². The van der Waals surface area contributed by atoms with Gasteiger partial charge in [-0.25, -0.2) is 0 Å². The predicted octanol–water partition coefficient (Wildman–Crippen LogP) is 16.2. The fourth-order valence-corrected chi connectivity index (χ4v) is 10.8. The van der Waals surface area contributed by atoms with Crippen molar-refractivity contribution >= 4 is 64.6 Å². The first-order valence-corrected chi connectivity index (χ1v) is 29.9. The molecule has 0 spiro atoms. The smallest absolute Gasteiger partial charge is 0.128 e. The number of benzene rings is 12. The van der Waals surface area contributed by atoms with E-state index in [0.717, 1.165) is 172 Å². The van der Waals surface area contributed by atoms with Crippen LogP contribution in [0.5, 0.6) is 63.2 Å². The van der Waals surface area contributed by atoms with Gasteiger partial charge in [-0.2, -0.15) is 0 Å². The number of ether oxygens (including phenoxy) is 13. The van der Waals surface area contributed by atoms with E-state index >= 15 is 0 Å². The predicted molar refractivity (Wildman–Crippen MR) is 339 cm³/mol. The molecular formula is C75H60O13. The molecule has 5 fully saturated rings. The van der Waals surface area contributed by atoms with E-state index in [9.17, 15) is 0 Å². The lowest BCUT2D eigenvalue weighted by atomic mass is 9.95. The Hall–Kier alpha value is -9.60. The van der Waals surface area contributed by atoms with E-state index in [2.05, 4.69) is 109 Å². The Labute approximate surface area is 507 Å². The Morgan fingerprint density at radius 2 is 0.489 bits per heavy atom. The van der Waals surface area contributed by atoms with Gasteiger partial charge in [-0.3, -0.25) is 0 Å². The summed E-state index contributed by atoms with van der Waals surface area (Å²) in [4.78, 5) is 0. The molecule has 438 valence electrons. The summed E-state index contributed by atoms with van der Waals surface area (Å²) in [5.74, 6) is 8.67. The minimum Gasteiger partial charge on any atom is -0.491 e. The van der Waals surface area contributed by atoms with Crippen molar-refractivity contribution in [1.82, 2.24) is 0 Å². The average molecular weight is 1170 g/mol. The number of hydrogen-bond acceptors (Lipinski definition) is 13. The molecule has 5 aliphatic heterocycles. The largest absolute Gasteiger partial charge is 0.491 e. The molecule has 88 heavy (non-hydrogen) atoms. The van der Waals surface area contributed by atoms with Crippen LogP contribution in [-0.4, -0.2) is 96.6 Å². The number of rotatable bonds is 22. The molecule has 13 nitrogen and oxygen atoms in total. The van der Waals surface area contributed by atoms with Crippen LogP contribution in [0, 0.1) is 0 Å². The second kappa shape index (κ2) is 23.6. The molecule has 13 heteroatoms. The standard InChI is InChI=1S/C39H32O7.C36H28O6/c1-2-27(13-28-14-30(8-3-24(1)28)40-18-34-20-42-34)39-37-17-33(11-6-26(37)7-12-38(39)45-23-36-22-44-36)46-32-10-5-25-4-9-31(15-29(25)16-32)41-19-35-21-43-35;1-7-29(37-19-35-21-39-35)13-26-15-31(9-3-23(1)26)41-33-11-5-25-6-12-34(18-28(25)17-33)42-32-10-4-24-2-8-30(14-27(24)16-32)38-20-36-22-40-36/h1-17,34-36H,18-23H2;1-18,35-36H,19-22H2. The molecule has 5 heterocycles. The number of epoxide rings is 5. The molecule has 5 aliphatic rings. The topological polar surface area (TPSA) is 136 Å². The molecule has 0 amide bonds. The minimum atomic E-state index is 0.144. The highest BCUT2D eigenvalue weighted by Crippen LogP contribution is 2.42. The summed E-state index contributed by atoms with van der Waals surface area (Å²) in [7, 11) is 0. The van der Waals surface area contributed by atoms with Crippen molar-refractivity contribution in [3.63, 3.8) is 0 Å². The van der Waals surface area contributed by atoms with Crippen molar-refractivity contribution < 1.29 is 61.6 Å². The van der Waals surface area contributed by atoms with Crippen molar-refractivity contribution in [3.05, 3.63) is 212 Å². The van der Waals surface area contributed by atoms with Gasteiger partial charge in [0.1, 0.15) is 127 Å². The zero-order chi connectivity index (χ0) is 58.3. The van der Waals surface area contributed by atoms with Crippen LogP contribution in [0.2, 0.25) is 0 Å². The quantitative estimate of drug-likeness (QED) is 0.0596. The number of fused-ring (bicyclic) bond motifs is 6. The maximum Gasteiger partial charge on any atom is 0.128 e. The second-order valence-corrected chi connectivity index (χ2v) is 22.9. The minimum absolute atomic E-state index is 0.144. The summed E-state index contributed by atoms with van der Waals surface area (Å²) in [6.45, 7) is 6.66. The highest BCUT2D eigenvalue weighted by molar-refractivity contribution is 6.03. The van der Waals surface area contributed by atoms with Crippen molar-refractivity contribution in [1.29, 1.82) is 0 Å². The first-order chi connectivity index (χ1) is 43.4. The highest BCUT2D eigenvalue weighted by atomic mass is 16.6. The molecule has 0 N–H and O–H groups in total. The fraction of sp³-hybridized carbons (Fsp3) is 0.200. The molecular weight excluding hydrogens is 1110 g/mol. The maximum absolute atomic E-state index is 6.47. The third kappa shape index (κ3) is 13.1. The van der Waals surface area contributed by atoms with E-state index in [1.807, 2.05) is 103 Å². The van der Waals surface area contributed by atoms with Crippen molar-refractivity contribution in [3.8, 4) is 74.4 Å². The second-order valence-electron chi connectivity index (χ2n) is 22.9.